The molecule has 2 saturated heterocycles. The number of aromatic nitrogens is 1. The van der Waals surface area contributed by atoms with Gasteiger partial charge in [0.25, 0.3) is 0 Å². The molecule has 0 bridgehead atoms. The number of rotatable bonds is 5. The maximum absolute atomic E-state index is 9.09. The molecule has 4 rings (SSSR count). The number of pyridine rings is 1. The standard InChI is InChI=1S/C21H29N7O2/c1-14-7-15(10-22)8-18(14)26-21(23)25-16-9-19(29-2)20(24-11-16)28-5-3-27(4-6-28)17-12-30-13-17/h7,9,11,15,17-18H,3-6,8,12-13H2,1-2H3,(H3,23,25,26)/t15?,18-/m0/s1. The average molecular weight is 412 g/mol. The molecule has 160 valence electrons. The van der Waals surface area contributed by atoms with Crippen LogP contribution in [0.1, 0.15) is 13.3 Å². The number of nitrogens with two attached hydrogens (primary N) is 1. The molecule has 0 amide bonds. The highest BCUT2D eigenvalue weighted by molar-refractivity contribution is 5.92. The van der Waals surface area contributed by atoms with E-state index < -0.39 is 0 Å². The van der Waals surface area contributed by atoms with Crippen molar-refractivity contribution >= 4 is 17.5 Å². The number of anilines is 2. The molecule has 3 N–H and O–H groups in total. The summed E-state index contributed by atoms with van der Waals surface area (Å²) >= 11 is 0. The Labute approximate surface area is 177 Å². The largest absolute Gasteiger partial charge is 0.493 e. The van der Waals surface area contributed by atoms with Crippen molar-refractivity contribution in [3.63, 3.8) is 0 Å². The van der Waals surface area contributed by atoms with Crippen LogP contribution in [0.25, 0.3) is 0 Å². The maximum atomic E-state index is 9.09. The van der Waals surface area contributed by atoms with Crippen molar-refractivity contribution in [2.75, 3.05) is 56.7 Å². The lowest BCUT2D eigenvalue weighted by molar-refractivity contribution is -0.0661. The van der Waals surface area contributed by atoms with E-state index in [2.05, 4.69) is 31.2 Å². The Kier molecular flexibility index (Phi) is 6.06. The van der Waals surface area contributed by atoms with Crippen LogP contribution >= 0.6 is 0 Å². The van der Waals surface area contributed by atoms with Crippen molar-refractivity contribution in [3.8, 4) is 11.8 Å². The number of ether oxygens (including phenoxy) is 2. The fraction of sp³-hybridized carbons (Fsp3) is 0.571. The van der Waals surface area contributed by atoms with E-state index in [4.69, 9.17) is 20.5 Å². The van der Waals surface area contributed by atoms with Crippen molar-refractivity contribution in [1.29, 1.82) is 5.26 Å². The molecule has 0 spiro atoms. The molecule has 3 aliphatic rings. The normalized spacial score (nSPS) is 25.4. The summed E-state index contributed by atoms with van der Waals surface area (Å²) < 4.78 is 10.9. The minimum absolute atomic E-state index is 0.0614. The first-order valence-corrected chi connectivity index (χ1v) is 10.4. The van der Waals surface area contributed by atoms with Gasteiger partial charge in [-0.2, -0.15) is 5.26 Å². The summed E-state index contributed by atoms with van der Waals surface area (Å²) in [6.45, 7) is 7.48. The van der Waals surface area contributed by atoms with E-state index in [1.54, 1.807) is 13.3 Å². The van der Waals surface area contributed by atoms with Gasteiger partial charge in [-0.3, -0.25) is 4.90 Å². The molecule has 1 aromatic rings. The van der Waals surface area contributed by atoms with Crippen molar-refractivity contribution in [2.45, 2.75) is 25.4 Å². The van der Waals surface area contributed by atoms with Gasteiger partial charge >= 0.3 is 0 Å². The topological polar surface area (TPSA) is 112 Å². The lowest BCUT2D eigenvalue weighted by atomic mass is 10.1. The second kappa shape index (κ2) is 8.90. The van der Waals surface area contributed by atoms with E-state index in [0.717, 1.165) is 56.5 Å². The zero-order valence-corrected chi connectivity index (χ0v) is 17.5. The number of nitrogens with zero attached hydrogens (tertiary/aromatic N) is 5. The number of aliphatic imine (C=N–C) groups is 1. The van der Waals surface area contributed by atoms with Gasteiger partial charge in [-0.25, -0.2) is 9.98 Å². The van der Waals surface area contributed by atoms with E-state index >= 15 is 0 Å². The van der Waals surface area contributed by atoms with Crippen LogP contribution in [0.4, 0.5) is 11.5 Å². The van der Waals surface area contributed by atoms with Gasteiger partial charge < -0.3 is 25.4 Å². The van der Waals surface area contributed by atoms with Gasteiger partial charge in [0.05, 0.1) is 56.3 Å². The molecule has 1 aliphatic carbocycles. The molecule has 30 heavy (non-hydrogen) atoms. The number of piperazine rings is 1. The number of methoxy groups -OCH3 is 1. The molecule has 0 radical (unpaired) electrons. The van der Waals surface area contributed by atoms with Gasteiger partial charge in [-0.15, -0.1) is 0 Å². The molecule has 0 aromatic carbocycles. The highest BCUT2D eigenvalue weighted by Gasteiger charge is 2.30. The Morgan fingerprint density at radius 2 is 2.13 bits per heavy atom. The molecule has 9 nitrogen and oxygen atoms in total. The second-order valence-electron chi connectivity index (χ2n) is 8.00. The molecular weight excluding hydrogens is 382 g/mol. The van der Waals surface area contributed by atoms with E-state index in [-0.39, 0.29) is 12.0 Å². The lowest BCUT2D eigenvalue weighted by Crippen LogP contribution is -2.56. The summed E-state index contributed by atoms with van der Waals surface area (Å²) in [6, 6.07) is 4.67. The van der Waals surface area contributed by atoms with E-state index in [1.807, 2.05) is 19.1 Å². The maximum Gasteiger partial charge on any atom is 0.193 e. The Balaban J connectivity index is 1.39. The van der Waals surface area contributed by atoms with Gasteiger partial charge in [0, 0.05) is 32.2 Å². The van der Waals surface area contributed by atoms with Crippen LogP contribution in [0, 0.1) is 17.2 Å². The smallest absolute Gasteiger partial charge is 0.193 e. The van der Waals surface area contributed by atoms with Gasteiger partial charge in [-0.1, -0.05) is 11.6 Å². The highest BCUT2D eigenvalue weighted by Crippen LogP contribution is 2.30. The minimum Gasteiger partial charge on any atom is -0.493 e. The molecular formula is C21H29N7O2. The fourth-order valence-electron chi connectivity index (χ4n) is 4.14. The number of hydrogen-bond acceptors (Lipinski definition) is 7. The van der Waals surface area contributed by atoms with Crippen LogP contribution in [0.15, 0.2) is 28.9 Å². The molecule has 0 saturated carbocycles. The summed E-state index contributed by atoms with van der Waals surface area (Å²) in [5.41, 5.74) is 7.90. The Morgan fingerprint density at radius 3 is 2.73 bits per heavy atom. The number of guanidine groups is 1. The Morgan fingerprint density at radius 1 is 1.37 bits per heavy atom. The lowest BCUT2D eigenvalue weighted by Gasteiger charge is -2.43. The summed E-state index contributed by atoms with van der Waals surface area (Å²) in [4.78, 5) is 13.9. The third-order valence-corrected chi connectivity index (χ3v) is 6.00. The van der Waals surface area contributed by atoms with Crippen molar-refractivity contribution in [1.82, 2.24) is 9.88 Å². The van der Waals surface area contributed by atoms with Crippen LogP contribution in [0.5, 0.6) is 5.75 Å². The number of hydrogen-bond donors (Lipinski definition) is 2. The number of nitrogens with one attached hydrogen (secondary N) is 1. The van der Waals surface area contributed by atoms with Gasteiger partial charge in [-0.05, 0) is 13.3 Å². The third-order valence-electron chi connectivity index (χ3n) is 6.00. The average Bonchev–Trinajstić information content (AvgIpc) is 3.06. The number of nitriles is 1. The molecule has 1 unspecified atom stereocenters. The summed E-state index contributed by atoms with van der Waals surface area (Å²) in [7, 11) is 1.65. The molecule has 2 atom stereocenters. The summed E-state index contributed by atoms with van der Waals surface area (Å²) in [5, 5.41) is 12.2. The van der Waals surface area contributed by atoms with Crippen LogP contribution in [-0.2, 0) is 4.74 Å². The highest BCUT2D eigenvalue weighted by atomic mass is 16.5. The van der Waals surface area contributed by atoms with Crippen LogP contribution < -0.4 is 20.7 Å². The molecule has 1 aromatic heterocycles. The first kappa shape index (κ1) is 20.4. The first-order valence-electron chi connectivity index (χ1n) is 10.4. The zero-order chi connectivity index (χ0) is 21.1. The SMILES string of the molecule is COc1cc(NC(N)=N[C@H]2CC(C#N)C=C2C)cnc1N1CCN(C2COC2)CC1. The Hall–Kier alpha value is -2.83. The molecule has 2 aliphatic heterocycles. The summed E-state index contributed by atoms with van der Waals surface area (Å²) in [6.07, 6.45) is 4.38. The van der Waals surface area contributed by atoms with E-state index in [0.29, 0.717) is 24.2 Å². The first-order chi connectivity index (χ1) is 14.6. The quantitative estimate of drug-likeness (QED) is 0.422. The predicted molar refractivity (Wildman–Crippen MR) is 116 cm³/mol. The van der Waals surface area contributed by atoms with Crippen LogP contribution in [-0.4, -0.2) is 74.4 Å². The van der Waals surface area contributed by atoms with Crippen molar-refractivity contribution < 1.29 is 9.47 Å². The van der Waals surface area contributed by atoms with Crippen LogP contribution in [0.3, 0.4) is 0 Å². The van der Waals surface area contributed by atoms with Crippen LogP contribution in [0.2, 0.25) is 0 Å². The van der Waals surface area contributed by atoms with Crippen molar-refractivity contribution in [3.05, 3.63) is 23.9 Å². The fourth-order valence-corrected chi connectivity index (χ4v) is 4.14. The summed E-state index contributed by atoms with van der Waals surface area (Å²) in [5.74, 6) is 1.76. The third kappa shape index (κ3) is 4.35. The monoisotopic (exact) mass is 411 g/mol. The van der Waals surface area contributed by atoms with E-state index in [9.17, 15) is 0 Å². The van der Waals surface area contributed by atoms with E-state index in [1.165, 1.54) is 0 Å². The second-order valence-corrected chi connectivity index (χ2v) is 8.00. The minimum atomic E-state index is -0.0927. The predicted octanol–water partition coefficient (Wildman–Crippen LogP) is 1.20. The van der Waals surface area contributed by atoms with Gasteiger partial charge in [0.1, 0.15) is 0 Å². The number of allylic oxidation sites excluding steroid dienone is 1. The Bertz CT molecular complexity index is 867. The zero-order valence-electron chi connectivity index (χ0n) is 17.5. The van der Waals surface area contributed by atoms with Gasteiger partial charge in [0.2, 0.25) is 0 Å². The van der Waals surface area contributed by atoms with Gasteiger partial charge in [0.15, 0.2) is 17.5 Å². The molecule has 3 heterocycles. The molecule has 2 fully saturated rings. The molecule has 9 heteroatoms. The van der Waals surface area contributed by atoms with Crippen molar-refractivity contribution in [2.24, 2.45) is 16.6 Å².